The van der Waals surface area contributed by atoms with E-state index < -0.39 is 23.5 Å². The van der Waals surface area contributed by atoms with Gasteiger partial charge >= 0.3 is 6.15 Å². The van der Waals surface area contributed by atoms with E-state index in [0.29, 0.717) is 0 Å². The lowest BCUT2D eigenvalue weighted by Gasteiger charge is -2.19. The van der Waals surface area contributed by atoms with Crippen molar-refractivity contribution < 1.29 is 39.3 Å². The number of rotatable bonds is 3. The Morgan fingerprint density at radius 1 is 1.22 bits per heavy atom. The molecule has 0 saturated carbocycles. The summed E-state index contributed by atoms with van der Waals surface area (Å²) >= 11 is 0. The van der Waals surface area contributed by atoms with E-state index in [4.69, 9.17) is 19.8 Å². The van der Waals surface area contributed by atoms with Crippen molar-refractivity contribution in [2.45, 2.75) is 39.4 Å². The maximum Gasteiger partial charge on any atom is 0.373 e. The average Bonchev–Trinajstić information content (AvgIpc) is 2.18. The molecule has 0 aromatic carbocycles. The van der Waals surface area contributed by atoms with E-state index in [1.54, 1.807) is 0 Å². The Morgan fingerprint density at radius 2 is 1.44 bits per heavy atom. The standard InChI is InChI=1S/C5H8O4.C4H8O2.CO2/c1-3(6)5(2,9)4(7)8;1-3(5)4(2)6;2-1-3/h9H,1-2H3,(H,7,8);3,5H,1-2H3;/p-1. The van der Waals surface area contributed by atoms with Crippen LogP contribution in [0.4, 0.5) is 0 Å². The lowest BCUT2D eigenvalue weighted by Crippen LogP contribution is -2.50. The summed E-state index contributed by atoms with van der Waals surface area (Å²) in [6.07, 6.45) is -0.537. The summed E-state index contributed by atoms with van der Waals surface area (Å²) < 4.78 is 0. The van der Waals surface area contributed by atoms with Crippen molar-refractivity contribution >= 4 is 23.7 Å². The second kappa shape index (κ2) is 10.3. The smallest absolute Gasteiger partial charge is 0.373 e. The predicted octanol–water partition coefficient (Wildman–Crippen LogP) is -2.55. The van der Waals surface area contributed by atoms with E-state index in [9.17, 15) is 19.5 Å². The van der Waals surface area contributed by atoms with E-state index in [2.05, 4.69) is 0 Å². The van der Waals surface area contributed by atoms with Gasteiger partial charge in [0.05, 0.1) is 5.97 Å². The van der Waals surface area contributed by atoms with E-state index in [1.807, 2.05) is 0 Å². The third-order valence-electron chi connectivity index (χ3n) is 1.67. The van der Waals surface area contributed by atoms with E-state index >= 15 is 0 Å². The molecule has 0 radical (unpaired) electrons. The van der Waals surface area contributed by atoms with Crippen molar-refractivity contribution in [1.82, 2.24) is 0 Å². The highest BCUT2D eigenvalue weighted by Crippen LogP contribution is 2.01. The minimum Gasteiger partial charge on any atom is -0.547 e. The van der Waals surface area contributed by atoms with Crippen LogP contribution in [-0.2, 0) is 24.0 Å². The van der Waals surface area contributed by atoms with Crippen molar-refractivity contribution in [1.29, 1.82) is 0 Å². The first-order valence-corrected chi connectivity index (χ1v) is 4.57. The summed E-state index contributed by atoms with van der Waals surface area (Å²) in [5, 5.41) is 26.8. The van der Waals surface area contributed by atoms with Gasteiger partial charge in [0.1, 0.15) is 6.10 Å². The maximum absolute atomic E-state index is 10.2. The first-order valence-electron chi connectivity index (χ1n) is 4.57. The molecule has 0 rings (SSSR count). The number of Topliss-reactive ketones (excluding diaryl/α,β-unsaturated/α-hetero) is 2. The molecule has 0 aliphatic rings. The number of hydrogen-bond donors (Lipinski definition) is 2. The highest BCUT2D eigenvalue weighted by Gasteiger charge is 2.27. The Hall–Kier alpha value is -1.89. The number of aliphatic hydroxyl groups excluding tert-OH is 1. The molecule has 0 aliphatic carbocycles. The van der Waals surface area contributed by atoms with Crippen LogP contribution < -0.4 is 5.11 Å². The molecule has 0 aromatic rings. The molecule has 8 heteroatoms. The highest BCUT2D eigenvalue weighted by atomic mass is 16.4. The molecular formula is C10H15O8-. The van der Waals surface area contributed by atoms with Crippen molar-refractivity contribution in [2.24, 2.45) is 0 Å². The van der Waals surface area contributed by atoms with Crippen LogP contribution in [0.1, 0.15) is 27.7 Å². The molecule has 0 fully saturated rings. The molecule has 0 heterocycles. The van der Waals surface area contributed by atoms with Gasteiger partial charge in [0, 0.05) is 0 Å². The van der Waals surface area contributed by atoms with Crippen LogP contribution >= 0.6 is 0 Å². The Labute approximate surface area is 103 Å². The minimum absolute atomic E-state index is 0.185. The van der Waals surface area contributed by atoms with Gasteiger partial charge in [0.25, 0.3) is 0 Å². The number of carboxylic acids is 1. The highest BCUT2D eigenvalue weighted by molar-refractivity contribution is 6.03. The van der Waals surface area contributed by atoms with Crippen molar-refractivity contribution in [3.05, 3.63) is 0 Å². The Bertz CT molecular complexity index is 307. The number of carbonyl (C=O) groups is 3. The van der Waals surface area contributed by atoms with Crippen LogP contribution in [-0.4, -0.2) is 45.6 Å². The molecule has 0 amide bonds. The Kier molecular flexibility index (Phi) is 12.2. The molecule has 2 unspecified atom stereocenters. The summed E-state index contributed by atoms with van der Waals surface area (Å²) in [7, 11) is 0. The third kappa shape index (κ3) is 12.2. The monoisotopic (exact) mass is 263 g/mol. The zero-order valence-electron chi connectivity index (χ0n) is 10.4. The van der Waals surface area contributed by atoms with E-state index in [1.165, 1.54) is 13.8 Å². The molecule has 0 saturated heterocycles. The average molecular weight is 263 g/mol. The molecule has 0 aliphatic heterocycles. The molecule has 104 valence electrons. The van der Waals surface area contributed by atoms with E-state index in [-0.39, 0.29) is 11.9 Å². The number of hydrogen-bond acceptors (Lipinski definition) is 8. The van der Waals surface area contributed by atoms with Gasteiger partial charge in [0.2, 0.25) is 0 Å². The fourth-order valence-corrected chi connectivity index (χ4v) is 0.144. The summed E-state index contributed by atoms with van der Waals surface area (Å²) in [6, 6.07) is 0. The number of aliphatic carboxylic acids is 1. The van der Waals surface area contributed by atoms with Gasteiger partial charge in [0.15, 0.2) is 17.2 Å². The first-order chi connectivity index (χ1) is 7.94. The second-order valence-electron chi connectivity index (χ2n) is 3.29. The van der Waals surface area contributed by atoms with Gasteiger partial charge in [-0.3, -0.25) is 9.59 Å². The molecule has 18 heavy (non-hydrogen) atoms. The minimum atomic E-state index is -2.33. The molecule has 0 spiro atoms. The Morgan fingerprint density at radius 3 is 1.44 bits per heavy atom. The number of carbonyl (C=O) groups excluding carboxylic acids is 5. The zero-order chi connectivity index (χ0) is 15.5. The molecule has 0 bridgehead atoms. The largest absolute Gasteiger partial charge is 0.547 e. The normalized spacial score (nSPS) is 13.2. The summed E-state index contributed by atoms with van der Waals surface area (Å²) in [6.45, 7) is 4.66. The van der Waals surface area contributed by atoms with E-state index in [0.717, 1.165) is 13.8 Å². The van der Waals surface area contributed by atoms with Crippen LogP contribution in [0.5, 0.6) is 0 Å². The van der Waals surface area contributed by atoms with Crippen LogP contribution in [0.25, 0.3) is 0 Å². The van der Waals surface area contributed by atoms with Crippen LogP contribution in [0.2, 0.25) is 0 Å². The first kappa shape index (κ1) is 21.4. The molecule has 8 nitrogen and oxygen atoms in total. The lowest BCUT2D eigenvalue weighted by atomic mass is 10.0. The topological polar surface area (TPSA) is 149 Å². The summed E-state index contributed by atoms with van der Waals surface area (Å²) in [4.78, 5) is 46.3. The fourth-order valence-electron chi connectivity index (χ4n) is 0.144. The Balaban J connectivity index is -0.000000216. The molecule has 0 aromatic heterocycles. The molecule has 2 atom stereocenters. The van der Waals surface area contributed by atoms with Gasteiger partial charge in [-0.25, -0.2) is 0 Å². The SMILES string of the molecule is CC(=O)C(C)(O)C(=O)[O-].CC(=O)C(C)O.O=C=O. The van der Waals surface area contributed by atoms with Crippen LogP contribution in [0, 0.1) is 0 Å². The molecular weight excluding hydrogens is 248 g/mol. The second-order valence-corrected chi connectivity index (χ2v) is 3.29. The lowest BCUT2D eigenvalue weighted by molar-refractivity contribution is -0.320. The van der Waals surface area contributed by atoms with Crippen molar-refractivity contribution in [3.63, 3.8) is 0 Å². The zero-order valence-corrected chi connectivity index (χ0v) is 10.4. The summed E-state index contributed by atoms with van der Waals surface area (Å²) in [5.41, 5.74) is -2.33. The number of aliphatic hydroxyl groups is 2. The van der Waals surface area contributed by atoms with Crippen LogP contribution in [0.15, 0.2) is 0 Å². The summed E-state index contributed by atoms with van der Waals surface area (Å²) in [5.74, 6) is -2.78. The number of ketones is 2. The maximum atomic E-state index is 10.2. The predicted molar refractivity (Wildman–Crippen MR) is 53.7 cm³/mol. The van der Waals surface area contributed by atoms with Gasteiger partial charge in [-0.2, -0.15) is 9.59 Å². The number of carboxylic acid groups (broad SMARTS) is 1. The fraction of sp³-hybridized carbons (Fsp3) is 0.600. The quantitative estimate of drug-likeness (QED) is 0.528. The third-order valence-corrected chi connectivity index (χ3v) is 1.67. The van der Waals surface area contributed by atoms with Gasteiger partial charge in [-0.15, -0.1) is 0 Å². The van der Waals surface area contributed by atoms with Crippen LogP contribution in [0.3, 0.4) is 0 Å². The van der Waals surface area contributed by atoms with Gasteiger partial charge in [-0.05, 0) is 27.7 Å². The van der Waals surface area contributed by atoms with Gasteiger partial charge in [-0.1, -0.05) is 0 Å². The van der Waals surface area contributed by atoms with Crippen molar-refractivity contribution in [3.8, 4) is 0 Å². The van der Waals surface area contributed by atoms with Gasteiger partial charge < -0.3 is 20.1 Å². The molecule has 2 N–H and O–H groups in total. The van der Waals surface area contributed by atoms with Crippen molar-refractivity contribution in [2.75, 3.05) is 0 Å².